The lowest BCUT2D eigenvalue weighted by atomic mass is 10.1. The van der Waals surface area contributed by atoms with Crippen molar-refractivity contribution in [1.82, 2.24) is 19.7 Å². The molecule has 1 unspecified atom stereocenters. The fraction of sp³-hybridized carbons (Fsp3) is 0.440. The number of carbonyl (C=O) groups excluding carboxylic acids is 2. The Labute approximate surface area is 218 Å². The van der Waals surface area contributed by atoms with Gasteiger partial charge in [0.25, 0.3) is 5.91 Å². The Bertz CT molecular complexity index is 1370. The average Bonchev–Trinajstić information content (AvgIpc) is 3.28. The molecule has 1 aromatic carbocycles. The number of benzene rings is 1. The number of nitrogens with zero attached hydrogens (tertiary/aromatic N) is 4. The molecule has 0 spiro atoms. The predicted molar refractivity (Wildman–Crippen MR) is 138 cm³/mol. The van der Waals surface area contributed by atoms with E-state index in [2.05, 4.69) is 15.4 Å². The van der Waals surface area contributed by atoms with E-state index in [9.17, 15) is 9.59 Å². The molecule has 2 aromatic heterocycles. The molecule has 0 saturated carbocycles. The molecule has 1 saturated heterocycles. The number of nitrogen functional groups attached to an aromatic ring is 1. The molecule has 2 aliphatic heterocycles. The number of hydrogen-bond acceptors (Lipinski definition) is 8. The number of anilines is 2. The number of rotatable bonds is 3. The van der Waals surface area contributed by atoms with Gasteiger partial charge in [-0.05, 0) is 45.7 Å². The van der Waals surface area contributed by atoms with E-state index >= 15 is 0 Å². The minimum atomic E-state index is -0.606. The number of nitrogens with two attached hydrogens (primary N) is 1. The highest BCUT2D eigenvalue weighted by Gasteiger charge is 2.32. The zero-order chi connectivity index (χ0) is 26.3. The number of likely N-dealkylation sites (tertiary alicyclic amines) is 1. The maximum atomic E-state index is 13.4. The highest BCUT2D eigenvalue weighted by atomic mass is 35.5. The van der Waals surface area contributed by atoms with Crippen LogP contribution in [-0.2, 0) is 4.74 Å². The van der Waals surface area contributed by atoms with Crippen molar-refractivity contribution in [2.45, 2.75) is 45.3 Å². The minimum Gasteiger partial charge on any atom is -0.486 e. The van der Waals surface area contributed by atoms with Crippen LogP contribution in [0.4, 0.5) is 16.3 Å². The summed E-state index contributed by atoms with van der Waals surface area (Å²) in [6, 6.07) is 4.92. The van der Waals surface area contributed by atoms with Gasteiger partial charge in [0, 0.05) is 24.8 Å². The monoisotopic (exact) mass is 528 g/mol. The minimum absolute atomic E-state index is 0.0896. The van der Waals surface area contributed by atoms with Gasteiger partial charge in [0.05, 0.1) is 28.2 Å². The molecule has 37 heavy (non-hydrogen) atoms. The molecule has 5 rings (SSSR count). The molecule has 4 heterocycles. The maximum Gasteiger partial charge on any atom is 0.410 e. The summed E-state index contributed by atoms with van der Waals surface area (Å²) in [6.07, 6.45) is 2.52. The first-order valence-electron chi connectivity index (χ1n) is 12.1. The van der Waals surface area contributed by atoms with Gasteiger partial charge in [-0.15, -0.1) is 0 Å². The highest BCUT2D eigenvalue weighted by Crippen LogP contribution is 2.36. The first kappa shape index (κ1) is 24.9. The summed E-state index contributed by atoms with van der Waals surface area (Å²) in [4.78, 5) is 31.9. The summed E-state index contributed by atoms with van der Waals surface area (Å²) < 4.78 is 18.4. The number of ether oxygens (including phenoxy) is 3. The summed E-state index contributed by atoms with van der Waals surface area (Å²) in [5.41, 5.74) is 6.71. The van der Waals surface area contributed by atoms with E-state index in [4.69, 9.17) is 31.5 Å². The smallest absolute Gasteiger partial charge is 0.410 e. The van der Waals surface area contributed by atoms with Gasteiger partial charge < -0.3 is 30.2 Å². The van der Waals surface area contributed by atoms with Gasteiger partial charge in [-0.25, -0.2) is 9.78 Å². The molecular formula is C25H29ClN6O5. The SMILES string of the molecule is CC(C)(C)OC(=O)N1CCCC(n2nc(C(=O)Nc3ccc4c(c3)OCCO4)c3c(N)ncc(Cl)c32)C1. The van der Waals surface area contributed by atoms with E-state index in [1.165, 1.54) is 6.20 Å². The van der Waals surface area contributed by atoms with Crippen LogP contribution in [0.25, 0.3) is 10.9 Å². The Morgan fingerprint density at radius 3 is 2.73 bits per heavy atom. The molecule has 0 radical (unpaired) electrons. The van der Waals surface area contributed by atoms with Crippen molar-refractivity contribution in [1.29, 1.82) is 0 Å². The van der Waals surface area contributed by atoms with Crippen molar-refractivity contribution >= 4 is 46.0 Å². The number of halogens is 1. The molecule has 12 heteroatoms. The van der Waals surface area contributed by atoms with Crippen LogP contribution in [0.1, 0.15) is 50.1 Å². The van der Waals surface area contributed by atoms with Crippen molar-refractivity contribution in [3.8, 4) is 11.5 Å². The van der Waals surface area contributed by atoms with Crippen molar-refractivity contribution in [3.05, 3.63) is 35.1 Å². The molecule has 196 valence electrons. The number of nitrogens with one attached hydrogen (secondary N) is 1. The van der Waals surface area contributed by atoms with Crippen LogP contribution in [0, 0.1) is 0 Å². The number of fused-ring (bicyclic) bond motifs is 2. The topological polar surface area (TPSA) is 134 Å². The molecule has 2 amide bonds. The summed E-state index contributed by atoms with van der Waals surface area (Å²) in [5.74, 6) is 0.827. The maximum absolute atomic E-state index is 13.4. The van der Waals surface area contributed by atoms with Gasteiger partial charge in [0.15, 0.2) is 17.2 Å². The van der Waals surface area contributed by atoms with E-state index in [0.29, 0.717) is 59.4 Å². The Kier molecular flexibility index (Phi) is 6.49. The van der Waals surface area contributed by atoms with Crippen LogP contribution in [0.3, 0.4) is 0 Å². The van der Waals surface area contributed by atoms with Crippen molar-refractivity contribution in [2.75, 3.05) is 37.4 Å². The first-order chi connectivity index (χ1) is 17.6. The van der Waals surface area contributed by atoms with E-state index in [1.54, 1.807) is 27.8 Å². The van der Waals surface area contributed by atoms with Gasteiger partial charge in [0.1, 0.15) is 24.6 Å². The molecule has 1 fully saturated rings. The second-order valence-corrected chi connectivity index (χ2v) is 10.5. The Balaban J connectivity index is 1.47. The van der Waals surface area contributed by atoms with Gasteiger partial charge in [-0.3, -0.25) is 9.48 Å². The Morgan fingerprint density at radius 1 is 1.22 bits per heavy atom. The molecule has 1 atom stereocenters. The lowest BCUT2D eigenvalue weighted by molar-refractivity contribution is 0.0169. The second kappa shape index (κ2) is 9.62. The molecule has 0 bridgehead atoms. The van der Waals surface area contributed by atoms with Crippen molar-refractivity contribution in [2.24, 2.45) is 0 Å². The fourth-order valence-electron chi connectivity index (χ4n) is 4.54. The summed E-state index contributed by atoms with van der Waals surface area (Å²) >= 11 is 6.55. The van der Waals surface area contributed by atoms with Crippen LogP contribution in [-0.4, -0.2) is 63.6 Å². The third kappa shape index (κ3) is 5.08. The van der Waals surface area contributed by atoms with Crippen molar-refractivity contribution < 1.29 is 23.8 Å². The summed E-state index contributed by atoms with van der Waals surface area (Å²) in [6.45, 7) is 7.32. The Hall–Kier alpha value is -3.73. The standard InChI is InChI=1S/C25H29ClN6O5/c1-25(2,3)37-24(34)31-8-4-5-15(13-31)32-21-16(26)12-28-22(27)19(21)20(30-32)23(33)29-14-6-7-17-18(11-14)36-10-9-35-17/h6-7,11-12,15H,4-5,8-10,13H2,1-3H3,(H2,27,28)(H,29,33). The van der Waals surface area contributed by atoms with Gasteiger partial charge in [-0.1, -0.05) is 11.6 Å². The predicted octanol–water partition coefficient (Wildman–Crippen LogP) is 4.26. The molecule has 11 nitrogen and oxygen atoms in total. The zero-order valence-electron chi connectivity index (χ0n) is 20.9. The average molecular weight is 529 g/mol. The van der Waals surface area contributed by atoms with E-state index in [0.717, 1.165) is 12.8 Å². The second-order valence-electron chi connectivity index (χ2n) is 10.0. The first-order valence-corrected chi connectivity index (χ1v) is 12.5. The normalized spacial score (nSPS) is 17.5. The number of piperidine rings is 1. The molecule has 0 aliphatic carbocycles. The Morgan fingerprint density at radius 2 is 1.97 bits per heavy atom. The molecule has 2 aliphatic rings. The third-order valence-corrected chi connectivity index (χ3v) is 6.40. The highest BCUT2D eigenvalue weighted by molar-refractivity contribution is 6.36. The van der Waals surface area contributed by atoms with Crippen LogP contribution in [0.15, 0.2) is 24.4 Å². The van der Waals surface area contributed by atoms with E-state index in [1.807, 2.05) is 20.8 Å². The van der Waals surface area contributed by atoms with Crippen LogP contribution >= 0.6 is 11.6 Å². The molecular weight excluding hydrogens is 500 g/mol. The summed E-state index contributed by atoms with van der Waals surface area (Å²) in [5, 5.41) is 8.17. The van der Waals surface area contributed by atoms with Gasteiger partial charge in [-0.2, -0.15) is 5.10 Å². The largest absolute Gasteiger partial charge is 0.486 e. The molecule has 3 aromatic rings. The van der Waals surface area contributed by atoms with E-state index in [-0.39, 0.29) is 17.6 Å². The third-order valence-electron chi connectivity index (χ3n) is 6.12. The quantitative estimate of drug-likeness (QED) is 0.515. The lowest BCUT2D eigenvalue weighted by Gasteiger charge is -2.34. The molecule has 3 N–H and O–H groups in total. The number of hydrogen-bond donors (Lipinski definition) is 2. The number of carbonyl (C=O) groups is 2. The van der Waals surface area contributed by atoms with Crippen molar-refractivity contribution in [3.63, 3.8) is 0 Å². The van der Waals surface area contributed by atoms with Gasteiger partial charge in [0.2, 0.25) is 0 Å². The van der Waals surface area contributed by atoms with Crippen LogP contribution in [0.5, 0.6) is 11.5 Å². The van der Waals surface area contributed by atoms with E-state index < -0.39 is 17.6 Å². The summed E-state index contributed by atoms with van der Waals surface area (Å²) in [7, 11) is 0. The zero-order valence-corrected chi connectivity index (χ0v) is 21.7. The van der Waals surface area contributed by atoms with Gasteiger partial charge >= 0.3 is 6.09 Å². The number of amides is 2. The number of aromatic nitrogens is 3. The lowest BCUT2D eigenvalue weighted by Crippen LogP contribution is -2.43. The van der Waals surface area contributed by atoms with Crippen LogP contribution in [0.2, 0.25) is 5.02 Å². The fourth-order valence-corrected chi connectivity index (χ4v) is 4.77. The number of pyridine rings is 1. The van der Waals surface area contributed by atoms with Crippen LogP contribution < -0.4 is 20.5 Å².